The van der Waals surface area contributed by atoms with Crippen LogP contribution in [0.15, 0.2) is 54.6 Å². The molecule has 2 amide bonds. The van der Waals surface area contributed by atoms with E-state index in [0.717, 1.165) is 49.3 Å². The normalized spacial score (nSPS) is 16.4. The standard InChI is InChI=1S/C27H30FN5O2/c28-21-10-7-11-22(18-21)29-24(34)19-31-14-16-32(17-15-31)27(35)25-23-12-5-2-6-13-33(23)26(30-25)20-8-3-1-4-9-20/h1,3-4,7-11,18H,2,5-6,12-17,19H2,(H,29,34). The highest BCUT2D eigenvalue weighted by atomic mass is 19.1. The molecule has 2 aliphatic heterocycles. The molecule has 182 valence electrons. The molecular weight excluding hydrogens is 445 g/mol. The summed E-state index contributed by atoms with van der Waals surface area (Å²) in [6, 6.07) is 15.9. The Balaban J connectivity index is 1.25. The topological polar surface area (TPSA) is 70.5 Å². The van der Waals surface area contributed by atoms with Gasteiger partial charge in [-0.05, 0) is 37.5 Å². The SMILES string of the molecule is O=C(CN1CCN(C(=O)c2nc(-c3ccccc3)n3c2CCCCC3)CC1)Nc1cccc(F)c1. The zero-order valence-electron chi connectivity index (χ0n) is 19.8. The number of piperazine rings is 1. The number of imidazole rings is 1. The summed E-state index contributed by atoms with van der Waals surface area (Å²) >= 11 is 0. The molecule has 0 bridgehead atoms. The lowest BCUT2D eigenvalue weighted by atomic mass is 10.1. The van der Waals surface area contributed by atoms with Crippen LogP contribution in [0, 0.1) is 5.82 Å². The van der Waals surface area contributed by atoms with Crippen LogP contribution in [0.3, 0.4) is 0 Å². The minimum atomic E-state index is -0.387. The van der Waals surface area contributed by atoms with E-state index in [1.807, 2.05) is 40.1 Å². The maximum absolute atomic E-state index is 13.5. The third-order valence-corrected chi connectivity index (χ3v) is 6.74. The van der Waals surface area contributed by atoms with Crippen LogP contribution in [0.4, 0.5) is 10.1 Å². The molecular formula is C27H30FN5O2. The molecule has 0 atom stereocenters. The molecule has 2 aromatic carbocycles. The zero-order chi connectivity index (χ0) is 24.2. The molecule has 0 aliphatic carbocycles. The number of carbonyl (C=O) groups is 2. The van der Waals surface area contributed by atoms with Gasteiger partial charge in [0.05, 0.1) is 12.2 Å². The van der Waals surface area contributed by atoms with E-state index in [1.165, 1.54) is 12.1 Å². The molecule has 2 aliphatic rings. The Morgan fingerprint density at radius 1 is 0.914 bits per heavy atom. The van der Waals surface area contributed by atoms with Crippen molar-refractivity contribution in [2.75, 3.05) is 38.0 Å². The van der Waals surface area contributed by atoms with Crippen molar-refractivity contribution in [1.82, 2.24) is 19.4 Å². The van der Waals surface area contributed by atoms with E-state index in [4.69, 9.17) is 4.98 Å². The number of anilines is 1. The summed E-state index contributed by atoms with van der Waals surface area (Å²) in [6.45, 7) is 3.37. The molecule has 3 aromatic rings. The Morgan fingerprint density at radius 3 is 2.49 bits per heavy atom. The second kappa shape index (κ2) is 10.4. The predicted octanol–water partition coefficient (Wildman–Crippen LogP) is 3.81. The van der Waals surface area contributed by atoms with Crippen molar-refractivity contribution in [3.05, 3.63) is 71.8 Å². The first kappa shape index (κ1) is 23.2. The van der Waals surface area contributed by atoms with E-state index in [-0.39, 0.29) is 24.2 Å². The van der Waals surface area contributed by atoms with Crippen LogP contribution in [-0.4, -0.2) is 63.9 Å². The average Bonchev–Trinajstić information content (AvgIpc) is 3.05. The minimum Gasteiger partial charge on any atom is -0.335 e. The molecule has 0 unspecified atom stereocenters. The van der Waals surface area contributed by atoms with Gasteiger partial charge < -0.3 is 14.8 Å². The van der Waals surface area contributed by atoms with Gasteiger partial charge in [0.15, 0.2) is 0 Å². The summed E-state index contributed by atoms with van der Waals surface area (Å²) in [5, 5.41) is 2.73. The van der Waals surface area contributed by atoms with Crippen molar-refractivity contribution in [3.8, 4) is 11.4 Å². The molecule has 1 fully saturated rings. The van der Waals surface area contributed by atoms with E-state index in [9.17, 15) is 14.0 Å². The Kier molecular flexibility index (Phi) is 6.90. The van der Waals surface area contributed by atoms with Gasteiger partial charge in [-0.1, -0.05) is 42.8 Å². The Morgan fingerprint density at radius 2 is 1.71 bits per heavy atom. The lowest BCUT2D eigenvalue weighted by molar-refractivity contribution is -0.117. The van der Waals surface area contributed by atoms with E-state index >= 15 is 0 Å². The number of hydrogen-bond donors (Lipinski definition) is 1. The van der Waals surface area contributed by atoms with Gasteiger partial charge in [-0.15, -0.1) is 0 Å². The minimum absolute atomic E-state index is 0.0262. The number of benzene rings is 2. The molecule has 0 spiro atoms. The molecule has 1 aromatic heterocycles. The third kappa shape index (κ3) is 5.27. The molecule has 7 nitrogen and oxygen atoms in total. The first-order valence-corrected chi connectivity index (χ1v) is 12.3. The smallest absolute Gasteiger partial charge is 0.274 e. The summed E-state index contributed by atoms with van der Waals surface area (Å²) in [7, 11) is 0. The van der Waals surface area contributed by atoms with E-state index in [2.05, 4.69) is 9.88 Å². The van der Waals surface area contributed by atoms with Gasteiger partial charge >= 0.3 is 0 Å². The number of rotatable bonds is 5. The zero-order valence-corrected chi connectivity index (χ0v) is 19.8. The van der Waals surface area contributed by atoms with Crippen molar-refractivity contribution >= 4 is 17.5 Å². The second-order valence-corrected chi connectivity index (χ2v) is 9.19. The summed E-state index contributed by atoms with van der Waals surface area (Å²) in [6.07, 6.45) is 4.17. The van der Waals surface area contributed by atoms with Crippen LogP contribution in [0.1, 0.15) is 35.4 Å². The summed E-state index contributed by atoms with van der Waals surface area (Å²) < 4.78 is 15.6. The third-order valence-electron chi connectivity index (χ3n) is 6.74. The van der Waals surface area contributed by atoms with Gasteiger partial charge in [0.1, 0.15) is 17.3 Å². The van der Waals surface area contributed by atoms with Gasteiger partial charge in [0.2, 0.25) is 5.91 Å². The molecule has 1 N–H and O–H groups in total. The van der Waals surface area contributed by atoms with Crippen molar-refractivity contribution in [1.29, 1.82) is 0 Å². The number of nitrogens with zero attached hydrogens (tertiary/aromatic N) is 4. The fraction of sp³-hybridized carbons (Fsp3) is 0.370. The molecule has 35 heavy (non-hydrogen) atoms. The summed E-state index contributed by atoms with van der Waals surface area (Å²) in [5.74, 6) is 0.269. The maximum Gasteiger partial charge on any atom is 0.274 e. The number of aromatic nitrogens is 2. The van der Waals surface area contributed by atoms with E-state index in [1.54, 1.807) is 12.1 Å². The lowest BCUT2D eigenvalue weighted by Gasteiger charge is -2.34. The van der Waals surface area contributed by atoms with Crippen LogP contribution in [-0.2, 0) is 17.8 Å². The van der Waals surface area contributed by atoms with Crippen molar-refractivity contribution in [2.24, 2.45) is 0 Å². The van der Waals surface area contributed by atoms with Crippen molar-refractivity contribution in [3.63, 3.8) is 0 Å². The molecule has 0 saturated carbocycles. The van der Waals surface area contributed by atoms with Crippen molar-refractivity contribution in [2.45, 2.75) is 32.2 Å². The number of hydrogen-bond acceptors (Lipinski definition) is 4. The fourth-order valence-electron chi connectivity index (χ4n) is 4.93. The molecule has 3 heterocycles. The first-order valence-electron chi connectivity index (χ1n) is 12.3. The highest BCUT2D eigenvalue weighted by molar-refractivity contribution is 5.95. The number of nitrogens with one attached hydrogen (secondary N) is 1. The summed E-state index contributed by atoms with van der Waals surface area (Å²) in [5.41, 5.74) is 3.09. The fourth-order valence-corrected chi connectivity index (χ4v) is 4.93. The van der Waals surface area contributed by atoms with Crippen LogP contribution in [0.2, 0.25) is 0 Å². The predicted molar refractivity (Wildman–Crippen MR) is 133 cm³/mol. The van der Waals surface area contributed by atoms with E-state index in [0.29, 0.717) is 37.6 Å². The molecule has 1 saturated heterocycles. The molecule has 8 heteroatoms. The average molecular weight is 476 g/mol. The van der Waals surface area contributed by atoms with Gasteiger partial charge in [0, 0.05) is 44.0 Å². The van der Waals surface area contributed by atoms with Crippen LogP contribution in [0.25, 0.3) is 11.4 Å². The highest BCUT2D eigenvalue weighted by Gasteiger charge is 2.29. The highest BCUT2D eigenvalue weighted by Crippen LogP contribution is 2.28. The number of halogens is 1. The molecule has 0 radical (unpaired) electrons. The monoisotopic (exact) mass is 475 g/mol. The first-order chi connectivity index (χ1) is 17.1. The number of carbonyl (C=O) groups excluding carboxylic acids is 2. The Hall–Kier alpha value is -3.52. The number of fused-ring (bicyclic) bond motifs is 1. The van der Waals surface area contributed by atoms with Crippen LogP contribution < -0.4 is 5.32 Å². The largest absolute Gasteiger partial charge is 0.335 e. The Bertz CT molecular complexity index is 1200. The van der Waals surface area contributed by atoms with Crippen LogP contribution in [0.5, 0.6) is 0 Å². The summed E-state index contributed by atoms with van der Waals surface area (Å²) in [4.78, 5) is 34.7. The molecule has 5 rings (SSSR count). The van der Waals surface area contributed by atoms with Crippen molar-refractivity contribution < 1.29 is 14.0 Å². The second-order valence-electron chi connectivity index (χ2n) is 9.19. The quantitative estimate of drug-likeness (QED) is 0.609. The van der Waals surface area contributed by atoms with Gasteiger partial charge in [-0.2, -0.15) is 0 Å². The van der Waals surface area contributed by atoms with Gasteiger partial charge in [-0.25, -0.2) is 9.37 Å². The van der Waals surface area contributed by atoms with E-state index < -0.39 is 0 Å². The number of amides is 2. The maximum atomic E-state index is 13.5. The Labute approximate surface area is 204 Å². The van der Waals surface area contributed by atoms with Gasteiger partial charge in [0.25, 0.3) is 5.91 Å². The van der Waals surface area contributed by atoms with Crippen LogP contribution >= 0.6 is 0 Å². The van der Waals surface area contributed by atoms with Gasteiger partial charge in [-0.3, -0.25) is 14.5 Å². The lowest BCUT2D eigenvalue weighted by Crippen LogP contribution is -2.50.